The highest BCUT2D eigenvalue weighted by Gasteiger charge is 2.38. The van der Waals surface area contributed by atoms with Gasteiger partial charge in [-0.15, -0.1) is 0 Å². The third-order valence-corrected chi connectivity index (χ3v) is 7.52. The first kappa shape index (κ1) is 20.4. The zero-order chi connectivity index (χ0) is 21.5. The van der Waals surface area contributed by atoms with Crippen molar-refractivity contribution >= 4 is 27.8 Å². The van der Waals surface area contributed by atoms with E-state index in [-0.39, 0.29) is 36.2 Å². The van der Waals surface area contributed by atoms with Crippen LogP contribution in [0.15, 0.2) is 47.4 Å². The van der Waals surface area contributed by atoms with Gasteiger partial charge in [-0.25, -0.2) is 18.0 Å². The number of ether oxygens (including phenoxy) is 1. The van der Waals surface area contributed by atoms with Gasteiger partial charge in [0.15, 0.2) is 0 Å². The molecule has 0 bridgehead atoms. The second-order valence-electron chi connectivity index (χ2n) is 7.49. The van der Waals surface area contributed by atoms with E-state index in [1.807, 2.05) is 25.1 Å². The van der Waals surface area contributed by atoms with Gasteiger partial charge in [0.1, 0.15) is 6.61 Å². The first-order valence-electron chi connectivity index (χ1n) is 9.67. The first-order chi connectivity index (χ1) is 14.3. The molecule has 0 aromatic heterocycles. The lowest BCUT2D eigenvalue weighted by molar-refractivity contribution is 0.0692. The van der Waals surface area contributed by atoms with Crippen LogP contribution in [-0.4, -0.2) is 49.0 Å². The van der Waals surface area contributed by atoms with Crippen molar-refractivity contribution in [2.45, 2.75) is 37.3 Å². The van der Waals surface area contributed by atoms with Crippen LogP contribution in [0.3, 0.4) is 0 Å². The Morgan fingerprint density at radius 3 is 2.53 bits per heavy atom. The van der Waals surface area contributed by atoms with Crippen molar-refractivity contribution in [3.8, 4) is 0 Å². The fourth-order valence-corrected chi connectivity index (χ4v) is 5.72. The van der Waals surface area contributed by atoms with Crippen molar-refractivity contribution in [3.05, 3.63) is 59.2 Å². The highest BCUT2D eigenvalue weighted by molar-refractivity contribution is 7.89. The molecule has 158 valence electrons. The van der Waals surface area contributed by atoms with E-state index in [0.29, 0.717) is 12.8 Å². The predicted molar refractivity (Wildman–Crippen MR) is 109 cm³/mol. The number of hydrogen-bond donors (Lipinski definition) is 1. The summed E-state index contributed by atoms with van der Waals surface area (Å²) >= 11 is 0. The van der Waals surface area contributed by atoms with Gasteiger partial charge in [0, 0.05) is 24.7 Å². The Labute approximate surface area is 174 Å². The summed E-state index contributed by atoms with van der Waals surface area (Å²) in [7, 11) is -3.95. The maximum absolute atomic E-state index is 13.1. The van der Waals surface area contributed by atoms with Crippen molar-refractivity contribution in [1.29, 1.82) is 0 Å². The lowest BCUT2D eigenvalue weighted by atomic mass is 10.0. The molecule has 8 nitrogen and oxygen atoms in total. The van der Waals surface area contributed by atoms with Gasteiger partial charge in [0.2, 0.25) is 10.0 Å². The molecule has 0 unspecified atom stereocenters. The molecule has 1 N–H and O–H groups in total. The zero-order valence-electron chi connectivity index (χ0n) is 16.4. The molecule has 2 aliphatic heterocycles. The molecular weight excluding hydrogens is 408 g/mol. The van der Waals surface area contributed by atoms with E-state index >= 15 is 0 Å². The summed E-state index contributed by atoms with van der Waals surface area (Å²) in [6.45, 7) is 2.57. The summed E-state index contributed by atoms with van der Waals surface area (Å²) < 4.78 is 32.7. The molecule has 0 saturated carbocycles. The average molecular weight is 430 g/mol. The maximum Gasteiger partial charge on any atom is 0.414 e. The lowest BCUT2D eigenvalue weighted by Gasteiger charge is -2.40. The van der Waals surface area contributed by atoms with Crippen LogP contribution in [-0.2, 0) is 21.4 Å². The predicted octanol–water partition coefficient (Wildman–Crippen LogP) is 3.00. The van der Waals surface area contributed by atoms with E-state index in [2.05, 4.69) is 0 Å². The van der Waals surface area contributed by atoms with Crippen molar-refractivity contribution in [1.82, 2.24) is 4.31 Å². The number of aromatic carboxylic acids is 1. The normalized spacial score (nSPS) is 18.0. The molecule has 0 radical (unpaired) electrons. The minimum atomic E-state index is -3.95. The molecule has 4 rings (SSSR count). The van der Waals surface area contributed by atoms with Crippen LogP contribution in [0.25, 0.3) is 0 Å². The van der Waals surface area contributed by atoms with E-state index in [0.717, 1.165) is 16.8 Å². The Kier molecular flexibility index (Phi) is 5.25. The monoisotopic (exact) mass is 430 g/mol. The molecule has 2 aromatic carbocycles. The number of carbonyl (C=O) groups is 2. The Hall–Kier alpha value is -2.91. The summed E-state index contributed by atoms with van der Waals surface area (Å²) in [4.78, 5) is 25.3. The van der Waals surface area contributed by atoms with Gasteiger partial charge in [0.25, 0.3) is 0 Å². The molecule has 1 saturated heterocycles. The number of piperidine rings is 1. The number of amides is 1. The fraction of sp³-hybridized carbons (Fsp3) is 0.333. The second-order valence-corrected chi connectivity index (χ2v) is 9.40. The van der Waals surface area contributed by atoms with Crippen LogP contribution in [0.1, 0.15) is 34.3 Å². The van der Waals surface area contributed by atoms with E-state index in [1.54, 1.807) is 4.90 Å². The number of carboxylic acids is 1. The Balaban J connectivity index is 1.55. The number of sulfonamides is 1. The summed E-state index contributed by atoms with van der Waals surface area (Å²) in [6, 6.07) is 11.2. The number of fused-ring (bicyclic) bond motifs is 1. The fourth-order valence-electron chi connectivity index (χ4n) is 4.07. The van der Waals surface area contributed by atoms with E-state index < -0.39 is 22.1 Å². The number of anilines is 1. The highest BCUT2D eigenvalue weighted by Crippen LogP contribution is 2.33. The largest absolute Gasteiger partial charge is 0.478 e. The van der Waals surface area contributed by atoms with Gasteiger partial charge in [-0.05, 0) is 38.0 Å². The van der Waals surface area contributed by atoms with Gasteiger partial charge >= 0.3 is 12.1 Å². The third-order valence-electron chi connectivity index (χ3n) is 5.57. The number of nitrogens with zero attached hydrogens (tertiary/aromatic N) is 2. The molecule has 1 amide bonds. The molecule has 0 aliphatic carbocycles. The van der Waals surface area contributed by atoms with Crippen LogP contribution >= 0.6 is 0 Å². The van der Waals surface area contributed by atoms with E-state index in [1.165, 1.54) is 28.6 Å². The molecule has 0 spiro atoms. The van der Waals surface area contributed by atoms with Crippen molar-refractivity contribution in [2.75, 3.05) is 18.0 Å². The number of carboxylic acid groups (broad SMARTS) is 1. The molecule has 1 fully saturated rings. The number of rotatable bonds is 4. The Bertz CT molecular complexity index is 1110. The summed E-state index contributed by atoms with van der Waals surface area (Å²) in [6.07, 6.45) is 0.428. The molecule has 0 atom stereocenters. The van der Waals surface area contributed by atoms with Crippen LogP contribution in [0.4, 0.5) is 10.5 Å². The lowest BCUT2D eigenvalue weighted by Crippen LogP contribution is -2.50. The number of cyclic esters (lactones) is 1. The quantitative estimate of drug-likeness (QED) is 0.800. The number of hydrogen-bond acceptors (Lipinski definition) is 5. The highest BCUT2D eigenvalue weighted by atomic mass is 32.2. The van der Waals surface area contributed by atoms with Gasteiger partial charge in [-0.1, -0.05) is 29.8 Å². The zero-order valence-corrected chi connectivity index (χ0v) is 17.3. The number of carbonyl (C=O) groups excluding carboxylic acids is 1. The maximum atomic E-state index is 13.1. The molecule has 30 heavy (non-hydrogen) atoms. The first-order valence-corrected chi connectivity index (χ1v) is 11.1. The Morgan fingerprint density at radius 2 is 1.83 bits per heavy atom. The van der Waals surface area contributed by atoms with Crippen LogP contribution < -0.4 is 4.90 Å². The molecule has 2 heterocycles. The van der Waals surface area contributed by atoms with Gasteiger partial charge in [-0.3, -0.25) is 4.90 Å². The van der Waals surface area contributed by atoms with Gasteiger partial charge in [0.05, 0.1) is 16.1 Å². The van der Waals surface area contributed by atoms with Crippen molar-refractivity contribution < 1.29 is 27.9 Å². The minimum absolute atomic E-state index is 0.186. The van der Waals surface area contributed by atoms with Crippen LogP contribution in [0, 0.1) is 6.92 Å². The molecule has 2 aliphatic rings. The Morgan fingerprint density at radius 1 is 1.13 bits per heavy atom. The average Bonchev–Trinajstić information content (AvgIpc) is 2.74. The smallest absolute Gasteiger partial charge is 0.414 e. The SMILES string of the molecule is Cc1ccc2c(c1)COC(=O)N2C1CCN(S(=O)(=O)c2ccccc2C(=O)O)CC1. The summed E-state index contributed by atoms with van der Waals surface area (Å²) in [5.41, 5.74) is 2.56. The summed E-state index contributed by atoms with van der Waals surface area (Å²) in [5, 5.41) is 9.34. The molecule has 9 heteroatoms. The number of benzene rings is 2. The standard InChI is InChI=1S/C21H22N2O6S/c1-14-6-7-18-15(12-14)13-29-21(26)23(18)16-8-10-22(11-9-16)30(27,28)19-5-3-2-4-17(19)20(24)25/h2-7,12,16H,8-11,13H2,1H3,(H,24,25). The van der Waals surface area contributed by atoms with Crippen LogP contribution in [0.2, 0.25) is 0 Å². The third kappa shape index (κ3) is 3.54. The second kappa shape index (κ2) is 7.73. The van der Waals surface area contributed by atoms with E-state index in [4.69, 9.17) is 4.74 Å². The van der Waals surface area contributed by atoms with Crippen molar-refractivity contribution in [3.63, 3.8) is 0 Å². The topological polar surface area (TPSA) is 104 Å². The van der Waals surface area contributed by atoms with Gasteiger partial charge in [-0.2, -0.15) is 4.31 Å². The van der Waals surface area contributed by atoms with Crippen molar-refractivity contribution in [2.24, 2.45) is 0 Å². The minimum Gasteiger partial charge on any atom is -0.478 e. The summed E-state index contributed by atoms with van der Waals surface area (Å²) in [5.74, 6) is -1.29. The van der Waals surface area contributed by atoms with Gasteiger partial charge < -0.3 is 9.84 Å². The molecular formula is C21H22N2O6S. The van der Waals surface area contributed by atoms with Crippen LogP contribution in [0.5, 0.6) is 0 Å². The van der Waals surface area contributed by atoms with E-state index in [9.17, 15) is 23.1 Å². The molecule has 2 aromatic rings. The number of aryl methyl sites for hydroxylation is 1.